The zero-order chi connectivity index (χ0) is 23.5. The van der Waals surface area contributed by atoms with E-state index in [0.717, 1.165) is 37.3 Å². The number of hydrogen-bond acceptors (Lipinski definition) is 5. The van der Waals surface area contributed by atoms with Crippen molar-refractivity contribution in [3.8, 4) is 0 Å². The molecule has 0 aliphatic carbocycles. The Hall–Kier alpha value is -3.33. The second-order valence-corrected chi connectivity index (χ2v) is 7.18. The van der Waals surface area contributed by atoms with E-state index in [1.54, 1.807) is 37.4 Å². The minimum Gasteiger partial charge on any atom is -0.466 e. The van der Waals surface area contributed by atoms with Gasteiger partial charge in [0.05, 0.1) is 7.11 Å². The van der Waals surface area contributed by atoms with E-state index in [0.29, 0.717) is 5.56 Å². The third-order valence-corrected chi connectivity index (χ3v) is 5.41. The van der Waals surface area contributed by atoms with Gasteiger partial charge in [0.2, 0.25) is 6.10 Å². The Balaban J connectivity index is 2.04. The number of carbonyl (C=O) groups is 2. The standard InChI is InChI=1S/C23H22F3NO5/c1-14(17-13-27-18-12-8-7-11-16(17)18)19(20(28)30-2)32-21(29)22(31-3,23(24,25)26)15-9-5-4-6-10-15/h4-14,19,27H,1-3H3/t14-,19+,22+/m0/s1. The molecule has 1 aromatic heterocycles. The largest absolute Gasteiger partial charge is 0.466 e. The Morgan fingerprint density at radius 3 is 2.19 bits per heavy atom. The van der Waals surface area contributed by atoms with Crippen molar-refractivity contribution in [1.29, 1.82) is 0 Å². The molecule has 3 aromatic rings. The first kappa shape index (κ1) is 23.3. The van der Waals surface area contributed by atoms with Crippen LogP contribution in [0, 0.1) is 0 Å². The minimum atomic E-state index is -5.16. The van der Waals surface area contributed by atoms with Crippen LogP contribution in [0.1, 0.15) is 24.0 Å². The van der Waals surface area contributed by atoms with Gasteiger partial charge in [0, 0.05) is 35.7 Å². The number of esters is 2. The highest BCUT2D eigenvalue weighted by Gasteiger charge is 2.64. The average molecular weight is 449 g/mol. The molecular formula is C23H22F3NO5. The average Bonchev–Trinajstić information content (AvgIpc) is 3.21. The van der Waals surface area contributed by atoms with Crippen molar-refractivity contribution in [3.63, 3.8) is 0 Å². The predicted molar refractivity (Wildman–Crippen MR) is 110 cm³/mol. The monoisotopic (exact) mass is 449 g/mol. The number of hydrogen-bond donors (Lipinski definition) is 1. The molecule has 2 aromatic carbocycles. The SMILES string of the molecule is COC(=O)[C@H](OC(=O)[C@](OC)(c1ccccc1)C(F)(F)F)[C@@H](C)c1c[nH]c2ccccc12. The van der Waals surface area contributed by atoms with Crippen molar-refractivity contribution in [2.24, 2.45) is 0 Å². The van der Waals surface area contributed by atoms with Gasteiger partial charge >= 0.3 is 18.1 Å². The van der Waals surface area contributed by atoms with Crippen molar-refractivity contribution in [2.45, 2.75) is 30.7 Å². The van der Waals surface area contributed by atoms with E-state index in [-0.39, 0.29) is 0 Å². The number of fused-ring (bicyclic) bond motifs is 1. The first-order valence-corrected chi connectivity index (χ1v) is 9.69. The molecule has 0 radical (unpaired) electrons. The molecule has 32 heavy (non-hydrogen) atoms. The summed E-state index contributed by atoms with van der Waals surface area (Å²) in [4.78, 5) is 28.5. The third kappa shape index (κ3) is 3.95. The van der Waals surface area contributed by atoms with Gasteiger partial charge in [-0.1, -0.05) is 55.5 Å². The summed E-state index contributed by atoms with van der Waals surface area (Å²) in [6.45, 7) is 1.56. The van der Waals surface area contributed by atoms with E-state index in [9.17, 15) is 22.8 Å². The topological polar surface area (TPSA) is 77.6 Å². The Kier molecular flexibility index (Phi) is 6.59. The van der Waals surface area contributed by atoms with Crippen molar-refractivity contribution >= 4 is 22.8 Å². The van der Waals surface area contributed by atoms with E-state index in [4.69, 9.17) is 14.2 Å². The smallest absolute Gasteiger partial charge is 0.432 e. The molecule has 6 nitrogen and oxygen atoms in total. The Morgan fingerprint density at radius 2 is 1.59 bits per heavy atom. The molecular weight excluding hydrogens is 427 g/mol. The van der Waals surface area contributed by atoms with Crippen LogP contribution in [-0.4, -0.2) is 43.4 Å². The number of ether oxygens (including phenoxy) is 3. The lowest BCUT2D eigenvalue weighted by Crippen LogP contribution is -2.53. The summed E-state index contributed by atoms with van der Waals surface area (Å²) in [5.74, 6) is -3.57. The fraction of sp³-hybridized carbons (Fsp3) is 0.304. The van der Waals surface area contributed by atoms with E-state index < -0.39 is 41.3 Å². The van der Waals surface area contributed by atoms with Crippen LogP contribution in [0.4, 0.5) is 13.2 Å². The molecule has 0 bridgehead atoms. The van der Waals surface area contributed by atoms with Crippen LogP contribution in [0.5, 0.6) is 0 Å². The highest BCUT2D eigenvalue weighted by Crippen LogP contribution is 2.44. The molecule has 1 N–H and O–H groups in total. The normalized spacial score (nSPS) is 15.6. The molecule has 9 heteroatoms. The summed E-state index contributed by atoms with van der Waals surface area (Å²) in [7, 11) is 1.83. The van der Waals surface area contributed by atoms with Crippen molar-refractivity contribution in [3.05, 3.63) is 71.9 Å². The first-order chi connectivity index (χ1) is 15.2. The number of alkyl halides is 3. The van der Waals surface area contributed by atoms with Crippen molar-refractivity contribution < 1.29 is 37.0 Å². The fourth-order valence-corrected chi connectivity index (χ4v) is 3.69. The number of rotatable bonds is 7. The second kappa shape index (κ2) is 9.04. The number of nitrogens with one attached hydrogen (secondary N) is 1. The Labute approximate surface area is 182 Å². The molecule has 0 fully saturated rings. The van der Waals surface area contributed by atoms with Crippen LogP contribution in [-0.2, 0) is 29.4 Å². The summed E-state index contributed by atoms with van der Waals surface area (Å²) in [6, 6.07) is 13.6. The lowest BCUT2D eigenvalue weighted by Gasteiger charge is -2.34. The lowest BCUT2D eigenvalue weighted by molar-refractivity contribution is -0.278. The van der Waals surface area contributed by atoms with Crippen LogP contribution in [0.2, 0.25) is 0 Å². The number of para-hydroxylation sites is 1. The second-order valence-electron chi connectivity index (χ2n) is 7.18. The molecule has 1 heterocycles. The molecule has 0 aliphatic heterocycles. The van der Waals surface area contributed by atoms with Crippen LogP contribution in [0.25, 0.3) is 10.9 Å². The summed E-state index contributed by atoms with van der Waals surface area (Å²) >= 11 is 0. The van der Waals surface area contributed by atoms with Gasteiger partial charge in [-0.3, -0.25) is 0 Å². The van der Waals surface area contributed by atoms with Gasteiger partial charge in [-0.2, -0.15) is 13.2 Å². The molecule has 0 saturated carbocycles. The van der Waals surface area contributed by atoms with Gasteiger partial charge in [0.1, 0.15) is 0 Å². The van der Waals surface area contributed by atoms with Crippen molar-refractivity contribution in [1.82, 2.24) is 4.98 Å². The molecule has 170 valence electrons. The molecule has 0 spiro atoms. The highest BCUT2D eigenvalue weighted by atomic mass is 19.4. The number of aromatic nitrogens is 1. The molecule has 0 amide bonds. The van der Waals surface area contributed by atoms with Gasteiger partial charge in [0.15, 0.2) is 0 Å². The Bertz CT molecular complexity index is 1100. The zero-order valence-electron chi connectivity index (χ0n) is 17.6. The molecule has 0 unspecified atom stereocenters. The van der Waals surface area contributed by atoms with Crippen molar-refractivity contribution in [2.75, 3.05) is 14.2 Å². The maximum absolute atomic E-state index is 14.2. The molecule has 3 rings (SSSR count). The number of halogens is 3. The summed E-state index contributed by atoms with van der Waals surface area (Å²) in [6.07, 6.45) is -5.19. The van der Waals surface area contributed by atoms with E-state index in [1.807, 2.05) is 0 Å². The van der Waals surface area contributed by atoms with Crippen LogP contribution in [0.3, 0.4) is 0 Å². The number of methoxy groups -OCH3 is 2. The summed E-state index contributed by atoms with van der Waals surface area (Å²) in [5.41, 5.74) is -2.54. The number of aromatic amines is 1. The summed E-state index contributed by atoms with van der Waals surface area (Å²) < 4.78 is 57.2. The highest BCUT2D eigenvalue weighted by molar-refractivity contribution is 5.88. The molecule has 3 atom stereocenters. The number of benzene rings is 2. The predicted octanol–water partition coefficient (Wildman–Crippen LogP) is 4.46. The van der Waals surface area contributed by atoms with Crippen LogP contribution < -0.4 is 0 Å². The number of carbonyl (C=O) groups excluding carboxylic acids is 2. The summed E-state index contributed by atoms with van der Waals surface area (Å²) in [5, 5.41) is 0.738. The van der Waals surface area contributed by atoms with Gasteiger partial charge in [-0.15, -0.1) is 0 Å². The minimum absolute atomic E-state index is 0.469. The lowest BCUT2D eigenvalue weighted by atomic mass is 9.91. The zero-order valence-corrected chi connectivity index (χ0v) is 17.6. The maximum atomic E-state index is 14.2. The van der Waals surface area contributed by atoms with Gasteiger partial charge in [0.25, 0.3) is 5.60 Å². The van der Waals surface area contributed by atoms with Gasteiger partial charge in [-0.25, -0.2) is 9.59 Å². The molecule has 0 saturated heterocycles. The maximum Gasteiger partial charge on any atom is 0.432 e. The van der Waals surface area contributed by atoms with E-state index in [1.165, 1.54) is 18.2 Å². The fourth-order valence-electron chi connectivity index (χ4n) is 3.69. The van der Waals surface area contributed by atoms with E-state index in [2.05, 4.69) is 4.98 Å². The Morgan fingerprint density at radius 1 is 0.969 bits per heavy atom. The van der Waals surface area contributed by atoms with Crippen LogP contribution in [0.15, 0.2) is 60.8 Å². The first-order valence-electron chi connectivity index (χ1n) is 9.69. The quantitative estimate of drug-likeness (QED) is 0.539. The third-order valence-electron chi connectivity index (χ3n) is 5.41. The molecule has 0 aliphatic rings. The van der Waals surface area contributed by atoms with Gasteiger partial charge < -0.3 is 19.2 Å². The van der Waals surface area contributed by atoms with Gasteiger partial charge in [-0.05, 0) is 11.6 Å². The number of H-pyrrole nitrogens is 1. The van der Waals surface area contributed by atoms with E-state index >= 15 is 0 Å². The van der Waals surface area contributed by atoms with Crippen LogP contribution >= 0.6 is 0 Å².